The van der Waals surface area contributed by atoms with E-state index in [1.165, 1.54) is 12.5 Å². The molecule has 1 N–H and O–H groups in total. The third kappa shape index (κ3) is 7.81. The second kappa shape index (κ2) is 10.7. The van der Waals surface area contributed by atoms with Gasteiger partial charge in [-0.15, -0.1) is 0 Å². The number of carbonyl (C=O) groups excluding carboxylic acids is 3. The molecule has 148 valence electrons. The molecule has 2 rings (SSSR count). The number of hydrogen-bond acceptors (Lipinski definition) is 4. The summed E-state index contributed by atoms with van der Waals surface area (Å²) >= 11 is 0. The predicted molar refractivity (Wildman–Crippen MR) is 104 cm³/mol. The average molecular weight is 374 g/mol. The molecule has 0 bridgehead atoms. The van der Waals surface area contributed by atoms with E-state index in [2.05, 4.69) is 5.32 Å². The van der Waals surface area contributed by atoms with Gasteiger partial charge in [-0.25, -0.2) is 0 Å². The van der Waals surface area contributed by atoms with E-state index in [4.69, 9.17) is 4.74 Å². The molecule has 1 aliphatic heterocycles. The number of Topliss-reactive ketones (excluding diaryl/α,β-unsaturated/α-hetero) is 1. The highest BCUT2D eigenvalue weighted by atomic mass is 16.5. The van der Waals surface area contributed by atoms with Crippen LogP contribution < -0.4 is 10.1 Å². The van der Waals surface area contributed by atoms with Gasteiger partial charge in [0.25, 0.3) is 0 Å². The summed E-state index contributed by atoms with van der Waals surface area (Å²) in [5, 5.41) is 3.05. The summed E-state index contributed by atoms with van der Waals surface area (Å²) in [6, 6.07) is 7.98. The zero-order chi connectivity index (χ0) is 19.6. The Morgan fingerprint density at radius 1 is 1.07 bits per heavy atom. The molecule has 0 aliphatic carbocycles. The highest BCUT2D eigenvalue weighted by Gasteiger charge is 2.23. The van der Waals surface area contributed by atoms with Gasteiger partial charge in [0.1, 0.15) is 11.5 Å². The average Bonchev–Trinajstić information content (AvgIpc) is 2.65. The van der Waals surface area contributed by atoms with E-state index in [0.717, 1.165) is 18.6 Å². The van der Waals surface area contributed by atoms with Gasteiger partial charge in [-0.1, -0.05) is 17.7 Å². The second-order valence-electron chi connectivity index (χ2n) is 7.19. The molecule has 1 aromatic carbocycles. The van der Waals surface area contributed by atoms with Crippen LogP contribution in [0.25, 0.3) is 0 Å². The third-order valence-electron chi connectivity index (χ3n) is 4.74. The quantitative estimate of drug-likeness (QED) is 0.674. The van der Waals surface area contributed by atoms with Crippen molar-refractivity contribution in [3.8, 4) is 5.75 Å². The minimum atomic E-state index is 0.0308. The second-order valence-corrected chi connectivity index (χ2v) is 7.19. The fourth-order valence-electron chi connectivity index (χ4n) is 3.07. The van der Waals surface area contributed by atoms with Crippen molar-refractivity contribution in [3.05, 3.63) is 29.8 Å². The number of ketones is 1. The van der Waals surface area contributed by atoms with Crippen LogP contribution in [-0.2, 0) is 14.4 Å². The van der Waals surface area contributed by atoms with Gasteiger partial charge < -0.3 is 19.7 Å². The van der Waals surface area contributed by atoms with Crippen molar-refractivity contribution in [2.75, 3.05) is 19.7 Å². The maximum absolute atomic E-state index is 12.1. The molecule has 1 saturated heterocycles. The molecule has 0 spiro atoms. The lowest BCUT2D eigenvalue weighted by molar-refractivity contribution is -0.134. The molecule has 6 nitrogen and oxygen atoms in total. The number of carbonyl (C=O) groups is 3. The maximum atomic E-state index is 12.1. The summed E-state index contributed by atoms with van der Waals surface area (Å²) in [5.74, 6) is 0.923. The van der Waals surface area contributed by atoms with Crippen LogP contribution in [0, 0.1) is 6.92 Å². The Kier molecular flexibility index (Phi) is 8.30. The largest absolute Gasteiger partial charge is 0.494 e. The van der Waals surface area contributed by atoms with Gasteiger partial charge in [0.2, 0.25) is 11.8 Å². The fraction of sp³-hybridized carbons (Fsp3) is 0.571. The smallest absolute Gasteiger partial charge is 0.223 e. The van der Waals surface area contributed by atoms with Crippen LogP contribution >= 0.6 is 0 Å². The first-order chi connectivity index (χ1) is 12.9. The maximum Gasteiger partial charge on any atom is 0.223 e. The van der Waals surface area contributed by atoms with Gasteiger partial charge in [0.15, 0.2) is 0 Å². The van der Waals surface area contributed by atoms with Gasteiger partial charge in [0, 0.05) is 38.4 Å². The van der Waals surface area contributed by atoms with E-state index in [1.54, 1.807) is 4.90 Å². The molecule has 1 aliphatic rings. The number of nitrogens with one attached hydrogen (secondary N) is 1. The number of rotatable bonds is 9. The van der Waals surface area contributed by atoms with Crippen LogP contribution in [-0.4, -0.2) is 48.2 Å². The summed E-state index contributed by atoms with van der Waals surface area (Å²) in [6.45, 7) is 5.32. The van der Waals surface area contributed by atoms with Crippen LogP contribution in [0.5, 0.6) is 5.75 Å². The van der Waals surface area contributed by atoms with Gasteiger partial charge in [0.05, 0.1) is 6.61 Å². The molecular weight excluding hydrogens is 344 g/mol. The lowest BCUT2D eigenvalue weighted by Gasteiger charge is -2.32. The van der Waals surface area contributed by atoms with E-state index < -0.39 is 0 Å². The zero-order valence-corrected chi connectivity index (χ0v) is 16.3. The lowest BCUT2D eigenvalue weighted by Crippen LogP contribution is -2.46. The van der Waals surface area contributed by atoms with Crippen molar-refractivity contribution in [3.63, 3.8) is 0 Å². The topological polar surface area (TPSA) is 75.7 Å². The van der Waals surface area contributed by atoms with E-state index in [9.17, 15) is 14.4 Å². The van der Waals surface area contributed by atoms with Gasteiger partial charge in [-0.3, -0.25) is 9.59 Å². The van der Waals surface area contributed by atoms with E-state index in [-0.39, 0.29) is 30.1 Å². The Hall–Kier alpha value is -2.37. The minimum Gasteiger partial charge on any atom is -0.494 e. The number of benzene rings is 1. The van der Waals surface area contributed by atoms with Gasteiger partial charge in [-0.05, 0) is 45.2 Å². The molecule has 1 aromatic rings. The standard InChI is InChI=1S/C21H30N2O4/c1-16-5-8-19(9-6-16)27-15-3-4-20(25)22-18-11-13-23(14-12-18)21(26)10-7-17(2)24/h5-6,8-9,18H,3-4,7,10-15H2,1-2H3,(H,22,25). The first-order valence-corrected chi connectivity index (χ1v) is 9.70. The van der Waals surface area contributed by atoms with Crippen LogP contribution in [0.3, 0.4) is 0 Å². The Morgan fingerprint density at radius 3 is 2.37 bits per heavy atom. The summed E-state index contributed by atoms with van der Waals surface area (Å²) in [5.41, 5.74) is 1.19. The molecule has 0 aromatic heterocycles. The number of nitrogens with zero attached hydrogens (tertiary/aromatic N) is 1. The van der Waals surface area contributed by atoms with E-state index >= 15 is 0 Å². The van der Waals surface area contributed by atoms with Crippen molar-refractivity contribution < 1.29 is 19.1 Å². The number of amides is 2. The molecule has 0 radical (unpaired) electrons. The Balaban J connectivity index is 1.58. The van der Waals surface area contributed by atoms with Crippen LogP contribution in [0.15, 0.2) is 24.3 Å². The molecule has 0 unspecified atom stereocenters. The Labute approximate surface area is 161 Å². The van der Waals surface area contributed by atoms with E-state index in [0.29, 0.717) is 39.0 Å². The predicted octanol–water partition coefficient (Wildman–Crippen LogP) is 2.63. The molecule has 6 heteroatoms. The Bertz CT molecular complexity index is 634. The van der Waals surface area contributed by atoms with Crippen molar-refractivity contribution in [1.29, 1.82) is 0 Å². The first-order valence-electron chi connectivity index (χ1n) is 9.70. The minimum absolute atomic E-state index is 0.0308. The fourth-order valence-corrected chi connectivity index (χ4v) is 3.07. The highest BCUT2D eigenvalue weighted by molar-refractivity contribution is 5.83. The van der Waals surface area contributed by atoms with Crippen molar-refractivity contribution >= 4 is 17.6 Å². The van der Waals surface area contributed by atoms with Gasteiger partial charge >= 0.3 is 0 Å². The van der Waals surface area contributed by atoms with Crippen molar-refractivity contribution in [2.24, 2.45) is 0 Å². The summed E-state index contributed by atoms with van der Waals surface area (Å²) in [4.78, 5) is 36.9. The molecule has 1 fully saturated rings. The van der Waals surface area contributed by atoms with Gasteiger partial charge in [-0.2, -0.15) is 0 Å². The summed E-state index contributed by atoms with van der Waals surface area (Å²) < 4.78 is 5.63. The van der Waals surface area contributed by atoms with E-state index in [1.807, 2.05) is 31.2 Å². The first kappa shape index (κ1) is 20.9. The normalized spacial score (nSPS) is 14.7. The van der Waals surface area contributed by atoms with Crippen LogP contribution in [0.1, 0.15) is 51.0 Å². The number of hydrogen-bond donors (Lipinski definition) is 1. The van der Waals surface area contributed by atoms with Crippen molar-refractivity contribution in [1.82, 2.24) is 10.2 Å². The molecule has 0 atom stereocenters. The van der Waals surface area contributed by atoms with Crippen LogP contribution in [0.2, 0.25) is 0 Å². The molecule has 27 heavy (non-hydrogen) atoms. The number of piperidine rings is 1. The third-order valence-corrected chi connectivity index (χ3v) is 4.74. The number of aryl methyl sites for hydroxylation is 1. The van der Waals surface area contributed by atoms with Crippen LogP contribution in [0.4, 0.5) is 0 Å². The lowest BCUT2D eigenvalue weighted by atomic mass is 10.0. The summed E-state index contributed by atoms with van der Waals surface area (Å²) in [6.07, 6.45) is 3.22. The Morgan fingerprint density at radius 2 is 1.74 bits per heavy atom. The monoisotopic (exact) mass is 374 g/mol. The van der Waals surface area contributed by atoms with Crippen molar-refractivity contribution in [2.45, 2.75) is 58.4 Å². The highest BCUT2D eigenvalue weighted by Crippen LogP contribution is 2.14. The molecule has 1 heterocycles. The number of likely N-dealkylation sites (tertiary alicyclic amines) is 1. The molecule has 0 saturated carbocycles. The summed E-state index contributed by atoms with van der Waals surface area (Å²) in [7, 11) is 0. The molecular formula is C21H30N2O4. The number of ether oxygens (including phenoxy) is 1. The molecule has 2 amide bonds. The SMILES string of the molecule is CC(=O)CCC(=O)N1CCC(NC(=O)CCCOc2ccc(C)cc2)CC1. The zero-order valence-electron chi connectivity index (χ0n) is 16.3.